The third kappa shape index (κ3) is 4.62. The maximum atomic E-state index is 14.0. The molecule has 6 rings (SSSR count). The molecular weight excluding hydrogens is 606 g/mol. The summed E-state index contributed by atoms with van der Waals surface area (Å²) in [7, 11) is 1.55. The summed E-state index contributed by atoms with van der Waals surface area (Å²) in [5.74, 6) is -1.41. The van der Waals surface area contributed by atoms with Gasteiger partial charge in [0.1, 0.15) is 17.5 Å². The molecule has 0 N–H and O–H groups in total. The summed E-state index contributed by atoms with van der Waals surface area (Å²) in [6, 6.07) is 14.4. The van der Waals surface area contributed by atoms with Crippen LogP contribution in [0.2, 0.25) is 0 Å². The van der Waals surface area contributed by atoms with Crippen LogP contribution in [0.25, 0.3) is 0 Å². The number of morpholine rings is 1. The molecular formula is C27H24BrN3O6S2. The molecule has 2 aromatic carbocycles. The molecule has 12 heteroatoms. The molecule has 3 amide bonds. The first-order chi connectivity index (χ1) is 18.9. The average molecular weight is 631 g/mol. The topological polar surface area (TPSA) is 98.2 Å². The van der Waals surface area contributed by atoms with Crippen LogP contribution in [0.5, 0.6) is 5.75 Å². The summed E-state index contributed by atoms with van der Waals surface area (Å²) < 4.78 is 12.9. The Balaban J connectivity index is 1.42. The van der Waals surface area contributed by atoms with Crippen LogP contribution in [0.3, 0.4) is 0 Å². The van der Waals surface area contributed by atoms with Crippen LogP contribution >= 0.6 is 39.0 Å². The van der Waals surface area contributed by atoms with Gasteiger partial charge in [-0.15, -0.1) is 0 Å². The third-order valence-electron chi connectivity index (χ3n) is 7.24. The second kappa shape index (κ2) is 10.6. The molecule has 0 radical (unpaired) electrons. The number of benzene rings is 2. The zero-order chi connectivity index (χ0) is 27.3. The number of halogens is 1. The van der Waals surface area contributed by atoms with Gasteiger partial charge in [-0.25, -0.2) is 4.90 Å². The van der Waals surface area contributed by atoms with Crippen LogP contribution < -0.4 is 14.5 Å². The van der Waals surface area contributed by atoms with E-state index < -0.39 is 17.1 Å². The quantitative estimate of drug-likeness (QED) is 0.399. The smallest absolute Gasteiger partial charge is 0.308 e. The van der Waals surface area contributed by atoms with E-state index in [1.54, 1.807) is 36.3 Å². The van der Waals surface area contributed by atoms with Crippen LogP contribution in [0.15, 0.2) is 62.8 Å². The van der Waals surface area contributed by atoms with E-state index >= 15 is 0 Å². The first-order valence-corrected chi connectivity index (χ1v) is 14.9. The fraction of sp³-hybridized carbons (Fsp3) is 0.333. The zero-order valence-corrected chi connectivity index (χ0v) is 24.1. The maximum Gasteiger partial charge on any atom is 0.308 e. The molecule has 2 fully saturated rings. The van der Waals surface area contributed by atoms with Gasteiger partial charge in [-0.3, -0.25) is 23.7 Å². The van der Waals surface area contributed by atoms with Crippen LogP contribution in [0.1, 0.15) is 16.4 Å². The molecule has 1 aromatic heterocycles. The molecule has 3 aliphatic heterocycles. The minimum atomic E-state index is -0.741. The molecule has 3 aliphatic rings. The zero-order valence-electron chi connectivity index (χ0n) is 20.9. The summed E-state index contributed by atoms with van der Waals surface area (Å²) in [6.45, 7) is 1.75. The number of thioether (sulfide) groups is 1. The standard InChI is InChI=1S/C27H24BrN3O6S2/c1-36-18-7-5-17(6-8-18)31-24(33)21-20(15-3-2-4-16(28)13-15)23-26(38-22(21)25(31)34)30(27(35)39-23)14-19(32)29-9-11-37-12-10-29/h2-8,13,20-22H,9-12,14H2,1H3/t20-,21-,22+/m0/s1. The maximum absolute atomic E-state index is 14.0. The Morgan fingerprint density at radius 1 is 1.08 bits per heavy atom. The Kier molecular flexibility index (Phi) is 7.13. The van der Waals surface area contributed by atoms with Crippen molar-refractivity contribution in [3.05, 3.63) is 73.1 Å². The molecule has 9 nitrogen and oxygen atoms in total. The normalized spacial score (nSPS) is 22.6. The number of fused-ring (bicyclic) bond motifs is 2. The molecule has 0 unspecified atom stereocenters. The largest absolute Gasteiger partial charge is 0.497 e. The molecule has 0 spiro atoms. The van der Waals surface area contributed by atoms with Crippen LogP contribution in [0.4, 0.5) is 5.69 Å². The van der Waals surface area contributed by atoms with Crippen molar-refractivity contribution in [3.8, 4) is 5.75 Å². The number of amides is 3. The van der Waals surface area contributed by atoms with Crippen molar-refractivity contribution < 1.29 is 23.9 Å². The highest BCUT2D eigenvalue weighted by molar-refractivity contribution is 9.10. The number of nitrogens with zero attached hydrogens (tertiary/aromatic N) is 3. The van der Waals surface area contributed by atoms with E-state index in [1.807, 2.05) is 24.3 Å². The number of ether oxygens (including phenoxy) is 2. The van der Waals surface area contributed by atoms with Gasteiger partial charge >= 0.3 is 4.87 Å². The van der Waals surface area contributed by atoms with Crippen LogP contribution in [-0.4, -0.2) is 65.9 Å². The predicted octanol–water partition coefficient (Wildman–Crippen LogP) is 3.34. The lowest BCUT2D eigenvalue weighted by molar-refractivity contribution is -0.136. The lowest BCUT2D eigenvalue weighted by Gasteiger charge is -2.31. The van der Waals surface area contributed by atoms with Gasteiger partial charge in [-0.1, -0.05) is 51.2 Å². The Morgan fingerprint density at radius 2 is 1.82 bits per heavy atom. The first-order valence-electron chi connectivity index (χ1n) is 12.4. The van der Waals surface area contributed by atoms with Crippen molar-refractivity contribution in [2.75, 3.05) is 38.3 Å². The van der Waals surface area contributed by atoms with Gasteiger partial charge in [-0.05, 0) is 42.0 Å². The molecule has 39 heavy (non-hydrogen) atoms. The first kappa shape index (κ1) is 26.3. The van der Waals surface area contributed by atoms with Crippen molar-refractivity contribution >= 4 is 62.4 Å². The van der Waals surface area contributed by atoms with Crippen molar-refractivity contribution in [2.24, 2.45) is 5.92 Å². The Labute approximate surface area is 240 Å². The van der Waals surface area contributed by atoms with Gasteiger partial charge in [0.05, 0.1) is 37.0 Å². The highest BCUT2D eigenvalue weighted by Gasteiger charge is 2.56. The van der Waals surface area contributed by atoms with Gasteiger partial charge in [0.15, 0.2) is 0 Å². The number of carbonyl (C=O) groups is 3. The van der Waals surface area contributed by atoms with E-state index in [-0.39, 0.29) is 29.1 Å². The van der Waals surface area contributed by atoms with Gasteiger partial charge in [0.25, 0.3) is 0 Å². The number of rotatable bonds is 5. The van der Waals surface area contributed by atoms with Crippen molar-refractivity contribution in [1.82, 2.24) is 9.47 Å². The summed E-state index contributed by atoms with van der Waals surface area (Å²) >= 11 is 5.78. The lowest BCUT2D eigenvalue weighted by atomic mass is 9.83. The molecule has 0 bridgehead atoms. The van der Waals surface area contributed by atoms with Crippen molar-refractivity contribution in [2.45, 2.75) is 22.7 Å². The fourth-order valence-corrected chi connectivity index (χ4v) is 8.54. The number of hydrogen-bond donors (Lipinski definition) is 0. The minimum Gasteiger partial charge on any atom is -0.497 e. The number of anilines is 1. The lowest BCUT2D eigenvalue weighted by Crippen LogP contribution is -2.43. The molecule has 2 saturated heterocycles. The third-order valence-corrected chi connectivity index (χ3v) is 10.3. The minimum absolute atomic E-state index is 0.120. The highest BCUT2D eigenvalue weighted by atomic mass is 79.9. The molecule has 4 heterocycles. The Hall–Kier alpha value is -2.93. The van der Waals surface area contributed by atoms with Gasteiger partial charge in [0, 0.05) is 28.4 Å². The highest BCUT2D eigenvalue weighted by Crippen LogP contribution is 2.54. The van der Waals surface area contributed by atoms with E-state index in [0.29, 0.717) is 47.6 Å². The van der Waals surface area contributed by atoms with Gasteiger partial charge < -0.3 is 14.4 Å². The number of aromatic nitrogens is 1. The summed E-state index contributed by atoms with van der Waals surface area (Å²) in [5.41, 5.74) is 1.29. The second-order valence-corrected chi connectivity index (χ2v) is 12.5. The van der Waals surface area contributed by atoms with E-state index in [4.69, 9.17) is 9.47 Å². The summed E-state index contributed by atoms with van der Waals surface area (Å²) in [5, 5.41) is -0.162. The number of methoxy groups -OCH3 is 1. The van der Waals surface area contributed by atoms with E-state index in [2.05, 4.69) is 15.9 Å². The van der Waals surface area contributed by atoms with E-state index in [1.165, 1.54) is 21.2 Å². The number of imide groups is 1. The average Bonchev–Trinajstić information content (AvgIpc) is 3.39. The summed E-state index contributed by atoms with van der Waals surface area (Å²) in [6.07, 6.45) is 0. The van der Waals surface area contributed by atoms with E-state index in [9.17, 15) is 19.2 Å². The van der Waals surface area contributed by atoms with Crippen LogP contribution in [0, 0.1) is 5.92 Å². The van der Waals surface area contributed by atoms with Gasteiger partial charge in [0.2, 0.25) is 17.7 Å². The summed E-state index contributed by atoms with van der Waals surface area (Å²) in [4.78, 5) is 57.5. The Bertz CT molecular complexity index is 1510. The monoisotopic (exact) mass is 629 g/mol. The van der Waals surface area contributed by atoms with Crippen LogP contribution in [-0.2, 0) is 25.7 Å². The molecule has 0 aliphatic carbocycles. The molecule has 202 valence electrons. The molecule has 0 saturated carbocycles. The molecule has 3 aromatic rings. The van der Waals surface area contributed by atoms with Crippen molar-refractivity contribution in [3.63, 3.8) is 0 Å². The number of carbonyl (C=O) groups excluding carboxylic acids is 3. The Morgan fingerprint density at radius 3 is 2.51 bits per heavy atom. The predicted molar refractivity (Wildman–Crippen MR) is 151 cm³/mol. The van der Waals surface area contributed by atoms with E-state index in [0.717, 1.165) is 21.4 Å². The number of thiazole rings is 1. The van der Waals surface area contributed by atoms with Crippen molar-refractivity contribution in [1.29, 1.82) is 0 Å². The number of hydrogen-bond acceptors (Lipinski definition) is 8. The second-order valence-electron chi connectivity index (χ2n) is 9.42. The molecule has 3 atom stereocenters. The fourth-order valence-electron chi connectivity index (χ4n) is 5.35. The van der Waals surface area contributed by atoms with Gasteiger partial charge in [-0.2, -0.15) is 0 Å². The SMILES string of the molecule is COc1ccc(N2C(=O)[C@H]3[C@H](c4cccc(Br)c4)c4sc(=O)n(CC(=O)N5CCOCC5)c4S[C@H]3C2=O)cc1.